The predicted molar refractivity (Wildman–Crippen MR) is 122 cm³/mol. The van der Waals surface area contributed by atoms with E-state index in [2.05, 4.69) is 17.1 Å². The van der Waals surface area contributed by atoms with Crippen LogP contribution in [0.15, 0.2) is 59.6 Å². The van der Waals surface area contributed by atoms with Crippen LogP contribution in [0.4, 0.5) is 5.82 Å². The van der Waals surface area contributed by atoms with E-state index < -0.39 is 0 Å². The smallest absolute Gasteiger partial charge is 0.289 e. The zero-order valence-corrected chi connectivity index (χ0v) is 18.3. The van der Waals surface area contributed by atoms with E-state index in [1.165, 1.54) is 11.8 Å². The van der Waals surface area contributed by atoms with Crippen molar-refractivity contribution >= 4 is 23.4 Å². The minimum atomic E-state index is -0.0461. The largest absolute Gasteiger partial charge is 0.293 e. The maximum absolute atomic E-state index is 12.7. The van der Waals surface area contributed by atoms with Gasteiger partial charge >= 0.3 is 0 Å². The Morgan fingerprint density at radius 3 is 2.19 bits per heavy atom. The molecule has 0 fully saturated rings. The fraction of sp³-hybridized carbons (Fsp3) is 0.200. The Balaban J connectivity index is 1.81. The molecule has 0 aliphatic heterocycles. The summed E-state index contributed by atoms with van der Waals surface area (Å²) in [5, 5.41) is 19.7. The Bertz CT molecular complexity index is 1170. The van der Waals surface area contributed by atoms with Gasteiger partial charge in [0, 0.05) is 11.1 Å². The van der Waals surface area contributed by atoms with Crippen LogP contribution in [-0.4, -0.2) is 11.5 Å². The van der Waals surface area contributed by atoms with Crippen LogP contribution in [0.5, 0.6) is 0 Å². The third kappa shape index (κ3) is 5.12. The van der Waals surface area contributed by atoms with Gasteiger partial charge in [-0.25, -0.2) is 4.98 Å². The molecule has 3 N–H and O–H groups in total. The number of nitrogens with one attached hydrogen (secondary N) is 1. The molecule has 31 heavy (non-hydrogen) atoms. The fourth-order valence-electron chi connectivity index (χ4n) is 3.34. The van der Waals surface area contributed by atoms with E-state index in [1.807, 2.05) is 68.4 Å². The SMILES string of the molecule is CC(C)Cc1c(C#N)c(N)[nH+]c(SCC(=O)c2ccc(-c3ccccc3)cc2)c1C#N. The van der Waals surface area contributed by atoms with Gasteiger partial charge < -0.3 is 0 Å². The van der Waals surface area contributed by atoms with Crippen molar-refractivity contribution in [3.05, 3.63) is 76.9 Å². The van der Waals surface area contributed by atoms with Crippen molar-refractivity contribution < 1.29 is 9.78 Å². The van der Waals surface area contributed by atoms with Gasteiger partial charge in [0.2, 0.25) is 0 Å². The normalized spacial score (nSPS) is 10.5. The summed E-state index contributed by atoms with van der Waals surface area (Å²) in [5.41, 5.74) is 10.1. The van der Waals surface area contributed by atoms with Gasteiger partial charge in [-0.1, -0.05) is 80.2 Å². The number of H-pyrrole nitrogens is 1. The number of nitrogens with two attached hydrogens (primary N) is 1. The first-order valence-corrected chi connectivity index (χ1v) is 10.9. The minimum absolute atomic E-state index is 0.0461. The number of rotatable bonds is 7. The van der Waals surface area contributed by atoms with E-state index in [4.69, 9.17) is 5.73 Å². The summed E-state index contributed by atoms with van der Waals surface area (Å²) in [4.78, 5) is 15.7. The van der Waals surface area contributed by atoms with Crippen LogP contribution < -0.4 is 10.7 Å². The predicted octanol–water partition coefficient (Wildman–Crippen LogP) is 4.67. The molecular formula is C25H23N4OS+. The average molecular weight is 428 g/mol. The molecule has 0 amide bonds. The van der Waals surface area contributed by atoms with E-state index in [0.717, 1.165) is 11.1 Å². The van der Waals surface area contributed by atoms with Crippen molar-refractivity contribution in [1.29, 1.82) is 10.5 Å². The summed E-state index contributed by atoms with van der Waals surface area (Å²) in [6.45, 7) is 4.04. The summed E-state index contributed by atoms with van der Waals surface area (Å²) >= 11 is 1.23. The van der Waals surface area contributed by atoms with E-state index in [9.17, 15) is 15.3 Å². The second-order valence-corrected chi connectivity index (χ2v) is 8.56. The van der Waals surface area contributed by atoms with Crippen LogP contribution in [0, 0.1) is 28.6 Å². The topological polar surface area (TPSA) is 105 Å². The molecule has 3 aromatic rings. The van der Waals surface area contributed by atoms with E-state index in [-0.39, 0.29) is 23.3 Å². The number of aromatic nitrogens is 1. The van der Waals surface area contributed by atoms with Crippen molar-refractivity contribution in [2.24, 2.45) is 5.92 Å². The number of aromatic amines is 1. The lowest BCUT2D eigenvalue weighted by atomic mass is 9.95. The maximum Gasteiger partial charge on any atom is 0.289 e. The zero-order chi connectivity index (χ0) is 22.4. The molecule has 0 saturated heterocycles. The van der Waals surface area contributed by atoms with Gasteiger partial charge in [-0.05, 0) is 23.5 Å². The number of benzene rings is 2. The molecule has 1 aromatic heterocycles. The molecule has 154 valence electrons. The van der Waals surface area contributed by atoms with Gasteiger partial charge in [0.1, 0.15) is 23.3 Å². The highest BCUT2D eigenvalue weighted by Crippen LogP contribution is 2.28. The van der Waals surface area contributed by atoms with Crippen LogP contribution in [0.2, 0.25) is 0 Å². The number of nitrogen functional groups attached to an aromatic ring is 1. The summed E-state index contributed by atoms with van der Waals surface area (Å²) < 4.78 is 0. The van der Waals surface area contributed by atoms with Crippen LogP contribution in [0.25, 0.3) is 11.1 Å². The fourth-order valence-corrected chi connectivity index (χ4v) is 4.28. The molecule has 1 heterocycles. The molecule has 0 aliphatic carbocycles. The number of thioether (sulfide) groups is 1. The molecule has 0 bridgehead atoms. The van der Waals surface area contributed by atoms with E-state index in [1.54, 1.807) is 0 Å². The van der Waals surface area contributed by atoms with Crippen molar-refractivity contribution in [2.45, 2.75) is 25.3 Å². The summed E-state index contributed by atoms with van der Waals surface area (Å²) in [6, 6.07) is 21.8. The molecule has 6 heteroatoms. The molecule has 0 saturated carbocycles. The van der Waals surface area contributed by atoms with Gasteiger partial charge in [0.25, 0.3) is 5.82 Å². The maximum atomic E-state index is 12.7. The summed E-state index contributed by atoms with van der Waals surface area (Å²) in [6.07, 6.45) is 0.563. The standard InChI is InChI=1S/C25H22N4OS/c1-16(2)12-20-21(13-26)24(28)29-25(22(20)14-27)31-15-23(30)19-10-8-18(9-11-19)17-6-4-3-5-7-17/h3-11,16H,12,15H2,1-2H3,(H2,28,29)/p+1. The van der Waals surface area contributed by atoms with E-state index in [0.29, 0.717) is 33.7 Å². The average Bonchev–Trinajstić information content (AvgIpc) is 2.78. The van der Waals surface area contributed by atoms with Crippen LogP contribution >= 0.6 is 11.8 Å². The zero-order valence-electron chi connectivity index (χ0n) is 17.5. The van der Waals surface area contributed by atoms with E-state index >= 15 is 0 Å². The lowest BCUT2D eigenvalue weighted by Crippen LogP contribution is -2.21. The first-order chi connectivity index (χ1) is 14.9. The van der Waals surface area contributed by atoms with Crippen molar-refractivity contribution in [3.63, 3.8) is 0 Å². The molecule has 0 aliphatic rings. The Kier molecular flexibility index (Phi) is 7.07. The number of anilines is 1. The molecule has 0 spiro atoms. The first kappa shape index (κ1) is 22.1. The molecule has 2 aromatic carbocycles. The highest BCUT2D eigenvalue weighted by atomic mass is 32.2. The first-order valence-electron chi connectivity index (χ1n) is 9.93. The van der Waals surface area contributed by atoms with Crippen LogP contribution in [0.3, 0.4) is 0 Å². The number of nitrogens with zero attached hydrogens (tertiary/aromatic N) is 2. The second kappa shape index (κ2) is 9.93. The second-order valence-electron chi connectivity index (χ2n) is 7.57. The number of pyridine rings is 1. The third-order valence-corrected chi connectivity index (χ3v) is 5.85. The molecule has 0 radical (unpaired) electrons. The van der Waals surface area contributed by atoms with Crippen LogP contribution in [0.1, 0.15) is 40.9 Å². The van der Waals surface area contributed by atoms with Gasteiger partial charge in [-0.3, -0.25) is 10.5 Å². The molecule has 0 atom stereocenters. The lowest BCUT2D eigenvalue weighted by molar-refractivity contribution is -0.410. The quantitative estimate of drug-likeness (QED) is 0.436. The van der Waals surface area contributed by atoms with Crippen molar-refractivity contribution in [3.8, 4) is 23.3 Å². The summed E-state index contributed by atoms with van der Waals surface area (Å²) in [7, 11) is 0. The number of carbonyl (C=O) groups is 1. The molecule has 5 nitrogen and oxygen atoms in total. The monoisotopic (exact) mass is 427 g/mol. The van der Waals surface area contributed by atoms with Gasteiger partial charge in [0.05, 0.1) is 5.75 Å². The molecule has 3 rings (SSSR count). The van der Waals surface area contributed by atoms with Crippen molar-refractivity contribution in [1.82, 2.24) is 0 Å². The third-order valence-electron chi connectivity index (χ3n) is 4.85. The van der Waals surface area contributed by atoms with Crippen LogP contribution in [-0.2, 0) is 6.42 Å². The number of nitriles is 2. The number of carbonyl (C=O) groups excluding carboxylic acids is 1. The Morgan fingerprint density at radius 1 is 1.00 bits per heavy atom. The Hall–Kier alpha value is -3.61. The molecular weight excluding hydrogens is 404 g/mol. The van der Waals surface area contributed by atoms with Gasteiger partial charge in [-0.15, -0.1) is 0 Å². The number of ketones is 1. The number of hydrogen-bond acceptors (Lipinski definition) is 5. The molecule has 0 unspecified atom stereocenters. The Morgan fingerprint density at radius 2 is 1.61 bits per heavy atom. The lowest BCUT2D eigenvalue weighted by Gasteiger charge is -2.11. The minimum Gasteiger partial charge on any atom is -0.293 e. The Labute approximate surface area is 186 Å². The van der Waals surface area contributed by atoms with Crippen molar-refractivity contribution in [2.75, 3.05) is 11.5 Å². The highest BCUT2D eigenvalue weighted by Gasteiger charge is 2.23. The summed E-state index contributed by atoms with van der Waals surface area (Å²) in [5.74, 6) is 0.584. The van der Waals surface area contributed by atoms with Gasteiger partial charge in [-0.2, -0.15) is 10.5 Å². The van der Waals surface area contributed by atoms with Gasteiger partial charge in [0.15, 0.2) is 10.8 Å². The highest BCUT2D eigenvalue weighted by molar-refractivity contribution is 7.99. The number of hydrogen-bond donors (Lipinski definition) is 1. The number of Topliss-reactive ketones (excluding diaryl/α,β-unsaturated/α-hetero) is 1.